The first-order chi connectivity index (χ1) is 11.0. The van der Waals surface area contributed by atoms with Crippen LogP contribution in [0.3, 0.4) is 0 Å². The molecule has 5 nitrogen and oxygen atoms in total. The first-order valence-corrected chi connectivity index (χ1v) is 8.35. The van der Waals surface area contributed by atoms with Crippen LogP contribution < -0.4 is 5.32 Å². The van der Waals surface area contributed by atoms with Gasteiger partial charge in [0.05, 0.1) is 23.7 Å². The van der Waals surface area contributed by atoms with Crippen molar-refractivity contribution in [1.29, 1.82) is 0 Å². The highest BCUT2D eigenvalue weighted by Gasteiger charge is 2.21. The minimum absolute atomic E-state index is 0.156. The summed E-state index contributed by atoms with van der Waals surface area (Å²) in [5.41, 5.74) is 1.77. The minimum Gasteiger partial charge on any atom is -0.481 e. The fourth-order valence-corrected chi connectivity index (χ4v) is 3.29. The molecule has 0 saturated carbocycles. The molecule has 0 aliphatic carbocycles. The number of hydrogen-bond donors (Lipinski definition) is 2. The van der Waals surface area contributed by atoms with Crippen LogP contribution in [-0.2, 0) is 11.2 Å². The predicted molar refractivity (Wildman–Crippen MR) is 89.7 cm³/mol. The number of hydrogen-bond acceptors (Lipinski definition) is 4. The number of carbonyl (C=O) groups excluding carboxylic acids is 1. The van der Waals surface area contributed by atoms with Crippen LogP contribution in [0.15, 0.2) is 30.5 Å². The number of carboxylic acids is 1. The standard InChI is InChI=1S/C17H20N2O3S/c1-3-6-15-18-10-14(23-15)17(22)19-13(9-16(20)21)12-8-5-4-7-11(12)2/h4-5,7-8,10,13H,3,6,9H2,1-2H3,(H,19,22)(H,20,21). The number of carbonyl (C=O) groups is 2. The molecule has 1 atom stereocenters. The zero-order valence-corrected chi connectivity index (χ0v) is 14.0. The van der Waals surface area contributed by atoms with E-state index in [2.05, 4.69) is 17.2 Å². The Balaban J connectivity index is 2.18. The van der Waals surface area contributed by atoms with E-state index in [-0.39, 0.29) is 12.3 Å². The Bertz CT molecular complexity index is 697. The molecule has 2 rings (SSSR count). The summed E-state index contributed by atoms with van der Waals surface area (Å²) in [6.45, 7) is 3.96. The first kappa shape index (κ1) is 17.1. The minimum atomic E-state index is -0.950. The van der Waals surface area contributed by atoms with Gasteiger partial charge in [0.15, 0.2) is 0 Å². The second-order valence-electron chi connectivity index (χ2n) is 5.35. The fraction of sp³-hybridized carbons (Fsp3) is 0.353. The number of aryl methyl sites for hydroxylation is 2. The van der Waals surface area contributed by atoms with Gasteiger partial charge in [-0.25, -0.2) is 4.98 Å². The van der Waals surface area contributed by atoms with Crippen LogP contribution in [0.5, 0.6) is 0 Å². The molecule has 0 bridgehead atoms. The molecule has 1 aromatic heterocycles. The van der Waals surface area contributed by atoms with Gasteiger partial charge < -0.3 is 10.4 Å². The van der Waals surface area contributed by atoms with Crippen LogP contribution in [0.4, 0.5) is 0 Å². The van der Waals surface area contributed by atoms with Crippen molar-refractivity contribution in [1.82, 2.24) is 10.3 Å². The van der Waals surface area contributed by atoms with Crippen LogP contribution in [0.1, 0.15) is 51.6 Å². The monoisotopic (exact) mass is 332 g/mol. The van der Waals surface area contributed by atoms with Crippen molar-refractivity contribution in [3.05, 3.63) is 51.5 Å². The van der Waals surface area contributed by atoms with Gasteiger partial charge in [-0.05, 0) is 30.9 Å². The fourth-order valence-electron chi connectivity index (χ4n) is 2.37. The number of benzene rings is 1. The Labute approximate surface area is 139 Å². The Kier molecular flexibility index (Phi) is 5.87. The molecule has 122 valence electrons. The first-order valence-electron chi connectivity index (χ1n) is 7.54. The lowest BCUT2D eigenvalue weighted by atomic mass is 9.98. The maximum absolute atomic E-state index is 12.4. The molecule has 1 amide bonds. The zero-order valence-electron chi connectivity index (χ0n) is 13.2. The largest absolute Gasteiger partial charge is 0.481 e. The Morgan fingerprint density at radius 3 is 2.74 bits per heavy atom. The molecular formula is C17H20N2O3S. The third kappa shape index (κ3) is 4.63. The lowest BCUT2D eigenvalue weighted by molar-refractivity contribution is -0.137. The molecular weight excluding hydrogens is 312 g/mol. The topological polar surface area (TPSA) is 79.3 Å². The molecule has 23 heavy (non-hydrogen) atoms. The predicted octanol–water partition coefficient (Wildman–Crippen LogP) is 3.35. The molecule has 0 aliphatic heterocycles. The number of rotatable bonds is 7. The molecule has 2 N–H and O–H groups in total. The van der Waals surface area contributed by atoms with Crippen molar-refractivity contribution in [2.75, 3.05) is 0 Å². The number of aromatic nitrogens is 1. The highest BCUT2D eigenvalue weighted by Crippen LogP contribution is 2.22. The maximum Gasteiger partial charge on any atom is 0.305 e. The van der Waals surface area contributed by atoms with E-state index in [1.165, 1.54) is 11.3 Å². The summed E-state index contributed by atoms with van der Waals surface area (Å²) in [5.74, 6) is -1.23. The summed E-state index contributed by atoms with van der Waals surface area (Å²) in [5, 5.41) is 12.9. The summed E-state index contributed by atoms with van der Waals surface area (Å²) >= 11 is 1.36. The number of aliphatic carboxylic acids is 1. The van der Waals surface area contributed by atoms with Gasteiger partial charge in [0.1, 0.15) is 4.88 Å². The molecule has 0 fully saturated rings. The average Bonchev–Trinajstić information content (AvgIpc) is 2.96. The SMILES string of the molecule is CCCc1ncc(C(=O)NC(CC(=O)O)c2ccccc2C)s1. The van der Waals surface area contributed by atoms with Gasteiger partial charge >= 0.3 is 5.97 Å². The van der Waals surface area contributed by atoms with Crippen LogP contribution in [-0.4, -0.2) is 22.0 Å². The van der Waals surface area contributed by atoms with Gasteiger partial charge in [0.25, 0.3) is 5.91 Å². The van der Waals surface area contributed by atoms with Gasteiger partial charge in [0, 0.05) is 0 Å². The van der Waals surface area contributed by atoms with Crippen LogP contribution in [0, 0.1) is 6.92 Å². The normalized spacial score (nSPS) is 11.9. The highest BCUT2D eigenvalue weighted by atomic mass is 32.1. The van der Waals surface area contributed by atoms with Crippen LogP contribution in [0.25, 0.3) is 0 Å². The summed E-state index contributed by atoms with van der Waals surface area (Å²) in [7, 11) is 0. The highest BCUT2D eigenvalue weighted by molar-refractivity contribution is 7.13. The van der Waals surface area contributed by atoms with Gasteiger partial charge in [-0.1, -0.05) is 31.2 Å². The van der Waals surface area contributed by atoms with E-state index in [0.29, 0.717) is 4.88 Å². The summed E-state index contributed by atoms with van der Waals surface area (Å²) in [6, 6.07) is 6.92. The van der Waals surface area contributed by atoms with Crippen molar-refractivity contribution in [3.63, 3.8) is 0 Å². The van der Waals surface area contributed by atoms with Gasteiger partial charge in [-0.3, -0.25) is 9.59 Å². The Morgan fingerprint density at radius 1 is 1.35 bits per heavy atom. The molecule has 1 heterocycles. The second-order valence-corrected chi connectivity index (χ2v) is 6.46. The molecule has 1 aromatic carbocycles. The van der Waals surface area contributed by atoms with Crippen molar-refractivity contribution < 1.29 is 14.7 Å². The Morgan fingerprint density at radius 2 is 2.09 bits per heavy atom. The summed E-state index contributed by atoms with van der Waals surface area (Å²) < 4.78 is 0. The molecule has 0 saturated heterocycles. The van der Waals surface area contributed by atoms with Crippen molar-refractivity contribution in [3.8, 4) is 0 Å². The maximum atomic E-state index is 12.4. The van der Waals surface area contributed by atoms with E-state index in [0.717, 1.165) is 29.0 Å². The van der Waals surface area contributed by atoms with Gasteiger partial charge in [-0.2, -0.15) is 0 Å². The molecule has 6 heteroatoms. The van der Waals surface area contributed by atoms with E-state index >= 15 is 0 Å². The van der Waals surface area contributed by atoms with E-state index in [1.807, 2.05) is 31.2 Å². The van der Waals surface area contributed by atoms with Crippen LogP contribution in [0.2, 0.25) is 0 Å². The Hall–Kier alpha value is -2.21. The molecule has 0 radical (unpaired) electrons. The van der Waals surface area contributed by atoms with E-state index < -0.39 is 12.0 Å². The quantitative estimate of drug-likeness (QED) is 0.815. The third-order valence-electron chi connectivity index (χ3n) is 3.49. The lowest BCUT2D eigenvalue weighted by Crippen LogP contribution is -2.30. The summed E-state index contributed by atoms with van der Waals surface area (Å²) in [4.78, 5) is 28.3. The number of nitrogens with one attached hydrogen (secondary N) is 1. The lowest BCUT2D eigenvalue weighted by Gasteiger charge is -2.19. The number of amides is 1. The number of carboxylic acid groups (broad SMARTS) is 1. The molecule has 1 unspecified atom stereocenters. The van der Waals surface area contributed by atoms with Crippen molar-refractivity contribution >= 4 is 23.2 Å². The second kappa shape index (κ2) is 7.87. The smallest absolute Gasteiger partial charge is 0.305 e. The zero-order chi connectivity index (χ0) is 16.8. The number of thiazole rings is 1. The van der Waals surface area contributed by atoms with Gasteiger partial charge in [-0.15, -0.1) is 11.3 Å². The summed E-state index contributed by atoms with van der Waals surface area (Å²) in [6.07, 6.45) is 3.21. The van der Waals surface area contributed by atoms with E-state index in [1.54, 1.807) is 6.20 Å². The molecule has 0 spiro atoms. The van der Waals surface area contributed by atoms with Crippen LogP contribution >= 0.6 is 11.3 Å². The third-order valence-corrected chi connectivity index (χ3v) is 4.55. The van der Waals surface area contributed by atoms with Gasteiger partial charge in [0.2, 0.25) is 0 Å². The van der Waals surface area contributed by atoms with E-state index in [9.17, 15) is 9.59 Å². The van der Waals surface area contributed by atoms with Crippen molar-refractivity contribution in [2.24, 2.45) is 0 Å². The van der Waals surface area contributed by atoms with E-state index in [4.69, 9.17) is 5.11 Å². The number of nitrogens with zero attached hydrogens (tertiary/aromatic N) is 1. The van der Waals surface area contributed by atoms with Crippen molar-refractivity contribution in [2.45, 2.75) is 39.2 Å². The molecule has 2 aromatic rings. The average molecular weight is 332 g/mol. The molecule has 0 aliphatic rings.